The third-order valence-electron chi connectivity index (χ3n) is 1.37. The molecule has 1 atom stereocenters. The first-order valence-electron chi connectivity index (χ1n) is 4.71. The molecule has 0 aliphatic carbocycles. The number of thiocarbonyl (C=S) groups is 1. The number of rotatable bonds is 5. The first kappa shape index (κ1) is 12.7. The summed E-state index contributed by atoms with van der Waals surface area (Å²) in [7, 11) is 0. The Hall–Kier alpha value is -0.350. The van der Waals surface area contributed by atoms with Gasteiger partial charge in [0.25, 0.3) is 0 Å². The quantitative estimate of drug-likeness (QED) is 0.661. The van der Waals surface area contributed by atoms with Crippen LogP contribution in [0.5, 0.6) is 0 Å². The smallest absolute Gasteiger partial charge is 0.166 e. The Labute approximate surface area is 86.2 Å². The molecule has 0 saturated heterocycles. The highest BCUT2D eigenvalue weighted by Crippen LogP contribution is 1.85. The topological polar surface area (TPSA) is 33.3 Å². The maximum atomic E-state index is 5.25. The standard InChI is InChI=1S/C9H20N2OS/c1-5-12-6-8(4)11-9(13)10-7(2)3/h7-8H,5-6H2,1-4H3,(H2,10,11,13). The highest BCUT2D eigenvalue weighted by Gasteiger charge is 2.03. The van der Waals surface area contributed by atoms with Gasteiger partial charge in [0.1, 0.15) is 0 Å². The van der Waals surface area contributed by atoms with E-state index < -0.39 is 0 Å². The molecule has 2 N–H and O–H groups in total. The lowest BCUT2D eigenvalue weighted by Crippen LogP contribution is -2.44. The highest BCUT2D eigenvalue weighted by molar-refractivity contribution is 7.80. The summed E-state index contributed by atoms with van der Waals surface area (Å²) in [5.41, 5.74) is 0. The maximum absolute atomic E-state index is 5.25. The lowest BCUT2D eigenvalue weighted by atomic mass is 10.3. The molecule has 13 heavy (non-hydrogen) atoms. The third-order valence-corrected chi connectivity index (χ3v) is 1.60. The minimum absolute atomic E-state index is 0.263. The predicted molar refractivity (Wildman–Crippen MR) is 60.0 cm³/mol. The summed E-state index contributed by atoms with van der Waals surface area (Å²) >= 11 is 5.08. The molecule has 0 aromatic rings. The Morgan fingerprint density at radius 1 is 1.31 bits per heavy atom. The van der Waals surface area contributed by atoms with E-state index in [1.165, 1.54) is 0 Å². The van der Waals surface area contributed by atoms with E-state index >= 15 is 0 Å². The van der Waals surface area contributed by atoms with Gasteiger partial charge in [-0.15, -0.1) is 0 Å². The van der Waals surface area contributed by atoms with Crippen LogP contribution in [0.25, 0.3) is 0 Å². The lowest BCUT2D eigenvalue weighted by molar-refractivity contribution is 0.132. The summed E-state index contributed by atoms with van der Waals surface area (Å²) in [5, 5.41) is 6.95. The second-order valence-corrected chi connectivity index (χ2v) is 3.74. The molecule has 1 unspecified atom stereocenters. The molecule has 0 fully saturated rings. The van der Waals surface area contributed by atoms with Crippen molar-refractivity contribution >= 4 is 17.3 Å². The van der Waals surface area contributed by atoms with Crippen molar-refractivity contribution in [3.05, 3.63) is 0 Å². The number of hydrogen-bond acceptors (Lipinski definition) is 2. The Morgan fingerprint density at radius 2 is 1.92 bits per heavy atom. The van der Waals surface area contributed by atoms with Gasteiger partial charge in [-0.3, -0.25) is 0 Å². The van der Waals surface area contributed by atoms with Crippen LogP contribution in [-0.4, -0.2) is 30.4 Å². The fraction of sp³-hybridized carbons (Fsp3) is 0.889. The van der Waals surface area contributed by atoms with Gasteiger partial charge in [0.15, 0.2) is 5.11 Å². The van der Waals surface area contributed by atoms with Crippen LogP contribution in [0.3, 0.4) is 0 Å². The molecule has 0 aromatic carbocycles. The lowest BCUT2D eigenvalue weighted by Gasteiger charge is -2.18. The van der Waals surface area contributed by atoms with Gasteiger partial charge in [-0.1, -0.05) is 0 Å². The second kappa shape index (κ2) is 7.09. The third kappa shape index (κ3) is 7.99. The van der Waals surface area contributed by atoms with Crippen molar-refractivity contribution in [1.82, 2.24) is 10.6 Å². The number of nitrogens with one attached hydrogen (secondary N) is 2. The van der Waals surface area contributed by atoms with Crippen molar-refractivity contribution in [2.24, 2.45) is 0 Å². The normalized spacial score (nSPS) is 12.7. The molecule has 0 aliphatic rings. The molecular weight excluding hydrogens is 184 g/mol. The number of ether oxygens (including phenoxy) is 1. The van der Waals surface area contributed by atoms with Gasteiger partial charge in [0, 0.05) is 18.7 Å². The molecular formula is C9H20N2OS. The minimum Gasteiger partial charge on any atom is -0.380 e. The van der Waals surface area contributed by atoms with Crippen molar-refractivity contribution in [2.45, 2.75) is 39.8 Å². The average Bonchev–Trinajstić information content (AvgIpc) is 1.98. The maximum Gasteiger partial charge on any atom is 0.166 e. The Bertz CT molecular complexity index is 151. The molecule has 0 amide bonds. The Morgan fingerprint density at radius 3 is 2.38 bits per heavy atom. The molecule has 0 rings (SSSR count). The molecule has 0 saturated carbocycles. The fourth-order valence-corrected chi connectivity index (χ4v) is 1.30. The number of hydrogen-bond donors (Lipinski definition) is 2. The molecule has 0 aromatic heterocycles. The van der Waals surface area contributed by atoms with Crippen LogP contribution in [0.1, 0.15) is 27.7 Å². The summed E-state index contributed by atoms with van der Waals surface area (Å²) in [6.45, 7) is 9.58. The van der Waals surface area contributed by atoms with Crippen LogP contribution < -0.4 is 10.6 Å². The Balaban J connectivity index is 3.53. The second-order valence-electron chi connectivity index (χ2n) is 3.33. The summed E-state index contributed by atoms with van der Waals surface area (Å²) in [4.78, 5) is 0. The van der Waals surface area contributed by atoms with Gasteiger partial charge >= 0.3 is 0 Å². The SMILES string of the molecule is CCOCC(C)NC(=S)NC(C)C. The van der Waals surface area contributed by atoms with Crippen LogP contribution in [0.2, 0.25) is 0 Å². The van der Waals surface area contributed by atoms with Crippen LogP contribution in [0.15, 0.2) is 0 Å². The van der Waals surface area contributed by atoms with E-state index in [4.69, 9.17) is 17.0 Å². The molecule has 3 nitrogen and oxygen atoms in total. The van der Waals surface area contributed by atoms with Crippen molar-refractivity contribution in [3.8, 4) is 0 Å². The van der Waals surface area contributed by atoms with Gasteiger partial charge in [0.2, 0.25) is 0 Å². The molecule has 0 aliphatic heterocycles. The van der Waals surface area contributed by atoms with E-state index in [9.17, 15) is 0 Å². The zero-order chi connectivity index (χ0) is 10.3. The van der Waals surface area contributed by atoms with Crippen LogP contribution in [-0.2, 0) is 4.74 Å². The predicted octanol–water partition coefficient (Wildman–Crippen LogP) is 1.28. The first-order valence-corrected chi connectivity index (χ1v) is 5.11. The van der Waals surface area contributed by atoms with E-state index in [0.29, 0.717) is 17.8 Å². The Kier molecular flexibility index (Phi) is 6.90. The zero-order valence-electron chi connectivity index (χ0n) is 8.89. The summed E-state index contributed by atoms with van der Waals surface area (Å²) in [6.07, 6.45) is 0. The van der Waals surface area contributed by atoms with Gasteiger partial charge in [-0.2, -0.15) is 0 Å². The van der Waals surface area contributed by atoms with E-state index in [0.717, 1.165) is 6.61 Å². The fourth-order valence-electron chi connectivity index (χ4n) is 0.864. The summed E-state index contributed by atoms with van der Waals surface area (Å²) < 4.78 is 5.25. The molecule has 0 radical (unpaired) electrons. The van der Waals surface area contributed by atoms with Gasteiger partial charge in [0.05, 0.1) is 6.61 Å². The largest absolute Gasteiger partial charge is 0.380 e. The molecule has 78 valence electrons. The van der Waals surface area contributed by atoms with Crippen LogP contribution in [0.4, 0.5) is 0 Å². The van der Waals surface area contributed by atoms with Gasteiger partial charge < -0.3 is 15.4 Å². The molecule has 0 spiro atoms. The van der Waals surface area contributed by atoms with E-state index in [-0.39, 0.29) is 6.04 Å². The van der Waals surface area contributed by atoms with E-state index in [1.807, 2.05) is 13.8 Å². The van der Waals surface area contributed by atoms with Crippen molar-refractivity contribution < 1.29 is 4.74 Å². The molecule has 4 heteroatoms. The van der Waals surface area contributed by atoms with Gasteiger partial charge in [-0.05, 0) is 39.9 Å². The highest BCUT2D eigenvalue weighted by atomic mass is 32.1. The monoisotopic (exact) mass is 204 g/mol. The average molecular weight is 204 g/mol. The molecule has 0 bridgehead atoms. The van der Waals surface area contributed by atoms with Crippen LogP contribution in [0, 0.1) is 0 Å². The van der Waals surface area contributed by atoms with E-state index in [1.54, 1.807) is 0 Å². The zero-order valence-corrected chi connectivity index (χ0v) is 9.70. The minimum atomic E-state index is 0.263. The van der Waals surface area contributed by atoms with E-state index in [2.05, 4.69) is 24.5 Å². The van der Waals surface area contributed by atoms with Gasteiger partial charge in [-0.25, -0.2) is 0 Å². The first-order chi connectivity index (χ1) is 6.06. The van der Waals surface area contributed by atoms with Crippen molar-refractivity contribution in [3.63, 3.8) is 0 Å². The summed E-state index contributed by atoms with van der Waals surface area (Å²) in [5.74, 6) is 0. The summed E-state index contributed by atoms with van der Waals surface area (Å²) in [6, 6.07) is 0.637. The molecule has 0 heterocycles. The van der Waals surface area contributed by atoms with Crippen molar-refractivity contribution in [2.75, 3.05) is 13.2 Å². The van der Waals surface area contributed by atoms with Crippen LogP contribution >= 0.6 is 12.2 Å². The van der Waals surface area contributed by atoms with Crippen molar-refractivity contribution in [1.29, 1.82) is 0 Å².